The molecule has 6 rings (SSSR count). The number of nitrogens with two attached hydrogens (primary N) is 1. The summed E-state index contributed by atoms with van der Waals surface area (Å²) in [6.45, 7) is 9.38. The number of nitrogens with one attached hydrogen (secondary N) is 2. The van der Waals surface area contributed by atoms with Gasteiger partial charge in [0.05, 0.1) is 43.6 Å². The normalized spacial score (nSPS) is 29.2. The highest BCUT2D eigenvalue weighted by Gasteiger charge is 2.60. The second-order valence-corrected chi connectivity index (χ2v) is 16.6. The molecule has 1 amide bonds. The Hall–Kier alpha value is -3.89. The lowest BCUT2D eigenvalue weighted by molar-refractivity contribution is -0.383. The standard InChI is InChI=1S/C37H56N6O8.C3H6O2/c1-36-15-13-29-27(28(36)9-7-24(36)4-3-5-33(45)50-21-20-49-19-18-48-17-16-38)8-6-25-22-26(12-14-37(25,29)2)40-32(44)23-39-30-10-11-31(43(46)47)35-34(30)41-51-42-35;1-2-3(4)5/h10-11,24-29,39H,3-9,12-23,38H2,1-2H3,(H,40,44);2H2,1H3,(H,4,5)/t24?,25?,26-,27?,28?,29?,36?,37?;/m1./s1. The summed E-state index contributed by atoms with van der Waals surface area (Å²) in [4.78, 5) is 45.5. The number of aromatic nitrogens is 2. The lowest BCUT2D eigenvalue weighted by Crippen LogP contribution is -2.55. The Kier molecular flexibility index (Phi) is 15.4. The van der Waals surface area contributed by atoms with E-state index in [1.807, 2.05) is 0 Å². The molecule has 16 nitrogen and oxygen atoms in total. The van der Waals surface area contributed by atoms with E-state index in [4.69, 9.17) is 29.7 Å². The third-order valence-electron chi connectivity index (χ3n) is 13.6. The lowest BCUT2D eigenvalue weighted by Gasteiger charge is -2.61. The summed E-state index contributed by atoms with van der Waals surface area (Å²) in [6.07, 6.45) is 13.4. The molecule has 4 aliphatic rings. The van der Waals surface area contributed by atoms with Gasteiger partial charge in [0.25, 0.3) is 0 Å². The molecule has 1 heterocycles. The number of hydrogen-bond donors (Lipinski definition) is 4. The summed E-state index contributed by atoms with van der Waals surface area (Å²) in [5.41, 5.74) is 6.62. The highest BCUT2D eigenvalue weighted by molar-refractivity contribution is 5.94. The van der Waals surface area contributed by atoms with Crippen molar-refractivity contribution in [2.24, 2.45) is 46.2 Å². The average molecular weight is 787 g/mol. The molecule has 1 aromatic heterocycles. The number of anilines is 1. The van der Waals surface area contributed by atoms with Crippen LogP contribution in [0.1, 0.15) is 104 Å². The van der Waals surface area contributed by atoms with E-state index in [1.54, 1.807) is 6.92 Å². The highest BCUT2D eigenvalue weighted by atomic mass is 16.6. The number of nitro benzene ring substituents is 1. The van der Waals surface area contributed by atoms with Gasteiger partial charge in [0, 0.05) is 31.5 Å². The van der Waals surface area contributed by atoms with E-state index >= 15 is 0 Å². The number of fused-ring (bicyclic) bond motifs is 6. The minimum atomic E-state index is -0.745. The fourth-order valence-corrected chi connectivity index (χ4v) is 10.8. The number of carbonyl (C=O) groups is 3. The number of rotatable bonds is 18. The molecule has 16 heteroatoms. The van der Waals surface area contributed by atoms with Crippen molar-refractivity contribution in [2.75, 3.05) is 51.4 Å². The van der Waals surface area contributed by atoms with Gasteiger partial charge in [-0.3, -0.25) is 24.5 Å². The smallest absolute Gasteiger partial charge is 0.305 e. The van der Waals surface area contributed by atoms with Gasteiger partial charge in [-0.2, -0.15) is 0 Å². The van der Waals surface area contributed by atoms with E-state index in [0.717, 1.165) is 49.9 Å². The molecule has 4 fully saturated rings. The SMILES string of the molecule is CC12CCC3C(CCC4C[C@H](NC(=O)CNc5ccc([N+](=O)[O-])c6nonc56)CCC43C)C1CCC2CCCC(=O)OCCOCCOCCN.CCC(=O)O. The van der Waals surface area contributed by atoms with Crippen LogP contribution in [0.2, 0.25) is 0 Å². The van der Waals surface area contributed by atoms with Crippen molar-refractivity contribution in [3.05, 3.63) is 22.2 Å². The first-order chi connectivity index (χ1) is 26.9. The molecule has 0 radical (unpaired) electrons. The van der Waals surface area contributed by atoms with E-state index < -0.39 is 10.9 Å². The van der Waals surface area contributed by atoms with Crippen LogP contribution in [0.25, 0.3) is 11.0 Å². The van der Waals surface area contributed by atoms with Crippen molar-refractivity contribution in [2.45, 2.75) is 110 Å². The maximum Gasteiger partial charge on any atom is 0.305 e. The van der Waals surface area contributed by atoms with Crippen molar-refractivity contribution in [1.82, 2.24) is 15.6 Å². The largest absolute Gasteiger partial charge is 0.481 e. The number of carboxylic acid groups (broad SMARTS) is 1. The van der Waals surface area contributed by atoms with Crippen LogP contribution in [-0.4, -0.2) is 90.4 Å². The topological polar surface area (TPSA) is 231 Å². The summed E-state index contributed by atoms with van der Waals surface area (Å²) < 4.78 is 20.9. The summed E-state index contributed by atoms with van der Waals surface area (Å²) in [6, 6.07) is 3.02. The third-order valence-corrected chi connectivity index (χ3v) is 13.6. The second kappa shape index (κ2) is 20.0. The number of esters is 1. The number of non-ortho nitro benzene ring substituents is 1. The van der Waals surface area contributed by atoms with Gasteiger partial charge in [-0.1, -0.05) is 20.8 Å². The van der Waals surface area contributed by atoms with Gasteiger partial charge in [0.2, 0.25) is 11.4 Å². The van der Waals surface area contributed by atoms with Gasteiger partial charge in [0.15, 0.2) is 5.52 Å². The molecule has 0 saturated heterocycles. The number of carbonyl (C=O) groups excluding carboxylic acids is 2. The van der Waals surface area contributed by atoms with E-state index in [2.05, 4.69) is 34.8 Å². The zero-order valence-corrected chi connectivity index (χ0v) is 33.3. The molecule has 0 aliphatic heterocycles. The van der Waals surface area contributed by atoms with Crippen LogP contribution in [-0.2, 0) is 28.6 Å². The van der Waals surface area contributed by atoms with Gasteiger partial charge < -0.3 is 35.7 Å². The van der Waals surface area contributed by atoms with E-state index in [0.29, 0.717) is 67.7 Å². The molecular formula is C40H62N6O10. The summed E-state index contributed by atoms with van der Waals surface area (Å²) >= 11 is 0. The number of benzene rings is 1. The molecule has 8 atom stereocenters. The average Bonchev–Trinajstić information content (AvgIpc) is 3.80. The first kappa shape index (κ1) is 43.2. The maximum absolute atomic E-state index is 13.0. The Balaban J connectivity index is 0.00000113. The molecule has 1 aromatic carbocycles. The number of nitro groups is 1. The van der Waals surface area contributed by atoms with Gasteiger partial charge >= 0.3 is 17.6 Å². The Morgan fingerprint density at radius 3 is 2.39 bits per heavy atom. The lowest BCUT2D eigenvalue weighted by atomic mass is 9.44. The number of aliphatic carboxylic acids is 1. The molecule has 4 saturated carbocycles. The summed E-state index contributed by atoms with van der Waals surface area (Å²) in [5.74, 6) is 2.54. The summed E-state index contributed by atoms with van der Waals surface area (Å²) in [7, 11) is 0. The van der Waals surface area contributed by atoms with Crippen molar-refractivity contribution in [1.29, 1.82) is 0 Å². The van der Waals surface area contributed by atoms with Crippen molar-refractivity contribution >= 4 is 40.3 Å². The molecule has 312 valence electrons. The fraction of sp³-hybridized carbons (Fsp3) is 0.775. The van der Waals surface area contributed by atoms with Crippen LogP contribution < -0.4 is 16.4 Å². The van der Waals surface area contributed by atoms with Gasteiger partial charge in [0.1, 0.15) is 6.61 Å². The summed E-state index contributed by atoms with van der Waals surface area (Å²) in [5, 5.41) is 32.8. The van der Waals surface area contributed by atoms with Crippen LogP contribution in [0.5, 0.6) is 0 Å². The third kappa shape index (κ3) is 10.3. The number of hydrogen-bond acceptors (Lipinski definition) is 13. The molecule has 56 heavy (non-hydrogen) atoms. The zero-order chi connectivity index (χ0) is 40.3. The second-order valence-electron chi connectivity index (χ2n) is 16.6. The molecule has 7 unspecified atom stereocenters. The van der Waals surface area contributed by atoms with E-state index in [9.17, 15) is 24.5 Å². The van der Waals surface area contributed by atoms with Gasteiger partial charge in [-0.25, -0.2) is 4.63 Å². The minimum absolute atomic E-state index is 0.0347. The molecule has 4 aliphatic carbocycles. The fourth-order valence-electron chi connectivity index (χ4n) is 10.8. The predicted molar refractivity (Wildman–Crippen MR) is 208 cm³/mol. The van der Waals surface area contributed by atoms with Crippen molar-refractivity contribution in [3.8, 4) is 0 Å². The Labute approximate surface area is 328 Å². The molecule has 0 bridgehead atoms. The van der Waals surface area contributed by atoms with Crippen molar-refractivity contribution < 1.29 is 43.3 Å². The van der Waals surface area contributed by atoms with Gasteiger partial charge in [-0.15, -0.1) is 0 Å². The Bertz CT molecular complexity index is 1640. The number of nitrogens with zero attached hydrogens (tertiary/aromatic N) is 3. The van der Waals surface area contributed by atoms with Gasteiger partial charge in [-0.05, 0) is 127 Å². The molecular weight excluding hydrogens is 724 g/mol. The van der Waals surface area contributed by atoms with Crippen LogP contribution >= 0.6 is 0 Å². The van der Waals surface area contributed by atoms with Crippen LogP contribution in [0.4, 0.5) is 11.4 Å². The Morgan fingerprint density at radius 2 is 1.66 bits per heavy atom. The quantitative estimate of drug-likeness (QED) is 0.0599. The first-order valence-corrected chi connectivity index (χ1v) is 20.6. The number of carboxylic acids is 1. The Morgan fingerprint density at radius 1 is 0.964 bits per heavy atom. The highest BCUT2D eigenvalue weighted by Crippen LogP contribution is 2.68. The van der Waals surface area contributed by atoms with Crippen LogP contribution in [0.15, 0.2) is 16.8 Å². The number of ether oxygens (including phenoxy) is 3. The zero-order valence-electron chi connectivity index (χ0n) is 33.3. The predicted octanol–water partition coefficient (Wildman–Crippen LogP) is 5.87. The number of amides is 1. The minimum Gasteiger partial charge on any atom is -0.481 e. The van der Waals surface area contributed by atoms with Crippen LogP contribution in [0.3, 0.4) is 0 Å². The monoisotopic (exact) mass is 786 g/mol. The van der Waals surface area contributed by atoms with E-state index in [1.165, 1.54) is 50.7 Å². The van der Waals surface area contributed by atoms with Crippen LogP contribution in [0, 0.1) is 50.5 Å². The molecule has 0 spiro atoms. The molecule has 2 aromatic rings. The first-order valence-electron chi connectivity index (χ1n) is 20.6. The van der Waals surface area contributed by atoms with E-state index in [-0.39, 0.29) is 54.2 Å². The molecule has 5 N–H and O–H groups in total. The maximum atomic E-state index is 13.0. The van der Waals surface area contributed by atoms with Crippen molar-refractivity contribution in [3.63, 3.8) is 0 Å².